The topological polar surface area (TPSA) is 34.9 Å². The molecular formula is C11H8ClFN2O. The van der Waals surface area contributed by atoms with E-state index in [1.54, 1.807) is 19.3 Å². The molecule has 0 amide bonds. The second kappa shape index (κ2) is 4.06. The summed E-state index contributed by atoms with van der Waals surface area (Å²) in [6.45, 7) is 0. The number of aromatic nitrogens is 2. The van der Waals surface area contributed by atoms with Crippen molar-refractivity contribution in [2.45, 2.75) is 0 Å². The molecule has 0 aliphatic rings. The van der Waals surface area contributed by atoms with E-state index in [0.717, 1.165) is 0 Å². The van der Waals surface area contributed by atoms with Gasteiger partial charge in [0.25, 0.3) is 0 Å². The Balaban J connectivity index is 2.57. The molecule has 0 saturated carbocycles. The van der Waals surface area contributed by atoms with Crippen LogP contribution < -0.4 is 0 Å². The third kappa shape index (κ3) is 1.84. The molecule has 2 rings (SSSR count). The minimum absolute atomic E-state index is 0.0485. The van der Waals surface area contributed by atoms with E-state index in [-0.39, 0.29) is 5.02 Å². The smallest absolute Gasteiger partial charge is 0.153 e. The molecule has 0 aliphatic carbocycles. The van der Waals surface area contributed by atoms with Crippen LogP contribution in [0.3, 0.4) is 0 Å². The van der Waals surface area contributed by atoms with E-state index in [4.69, 9.17) is 11.6 Å². The summed E-state index contributed by atoms with van der Waals surface area (Å²) in [7, 11) is 1.70. The first-order chi connectivity index (χ1) is 7.61. The predicted octanol–water partition coefficient (Wildman–Crippen LogP) is 2.69. The lowest BCUT2D eigenvalue weighted by molar-refractivity contribution is 0.112. The predicted molar refractivity (Wildman–Crippen MR) is 59.0 cm³/mol. The van der Waals surface area contributed by atoms with Crippen molar-refractivity contribution in [3.8, 4) is 11.3 Å². The molecule has 0 N–H and O–H groups in total. The van der Waals surface area contributed by atoms with Gasteiger partial charge in [-0.3, -0.25) is 9.48 Å². The van der Waals surface area contributed by atoms with Gasteiger partial charge in [-0.15, -0.1) is 0 Å². The Morgan fingerprint density at radius 2 is 2.25 bits per heavy atom. The fourth-order valence-corrected chi connectivity index (χ4v) is 1.58. The molecule has 0 spiro atoms. The van der Waals surface area contributed by atoms with Gasteiger partial charge in [-0.2, -0.15) is 5.10 Å². The van der Waals surface area contributed by atoms with Crippen LogP contribution in [0, 0.1) is 5.82 Å². The van der Waals surface area contributed by atoms with E-state index in [1.807, 2.05) is 0 Å². The Hall–Kier alpha value is -1.68. The number of aldehydes is 1. The van der Waals surface area contributed by atoms with Crippen molar-refractivity contribution in [3.63, 3.8) is 0 Å². The van der Waals surface area contributed by atoms with Crippen LogP contribution in [-0.4, -0.2) is 16.1 Å². The number of hydrogen-bond acceptors (Lipinski definition) is 2. The van der Waals surface area contributed by atoms with Gasteiger partial charge >= 0.3 is 0 Å². The van der Waals surface area contributed by atoms with Crippen LogP contribution in [-0.2, 0) is 7.05 Å². The third-order valence-corrected chi connectivity index (χ3v) is 2.48. The SMILES string of the molecule is Cn1cc(C=O)c(-c2ccc(Cl)c(F)c2)n1. The summed E-state index contributed by atoms with van der Waals surface area (Å²) in [6, 6.07) is 4.33. The number of carbonyl (C=O) groups excluding carboxylic acids is 1. The highest BCUT2D eigenvalue weighted by Crippen LogP contribution is 2.24. The van der Waals surface area contributed by atoms with E-state index < -0.39 is 5.82 Å². The lowest BCUT2D eigenvalue weighted by Crippen LogP contribution is -1.89. The second-order valence-corrected chi connectivity index (χ2v) is 3.76. The van der Waals surface area contributed by atoms with Crippen LogP contribution in [0.1, 0.15) is 10.4 Å². The Bertz CT molecular complexity index is 551. The Labute approximate surface area is 96.5 Å². The van der Waals surface area contributed by atoms with Crippen molar-refractivity contribution in [1.29, 1.82) is 0 Å². The molecule has 0 fully saturated rings. The van der Waals surface area contributed by atoms with E-state index in [0.29, 0.717) is 23.1 Å². The van der Waals surface area contributed by atoms with Crippen molar-refractivity contribution >= 4 is 17.9 Å². The molecule has 1 aromatic heterocycles. The Kier molecular flexibility index (Phi) is 2.75. The van der Waals surface area contributed by atoms with Gasteiger partial charge in [-0.1, -0.05) is 17.7 Å². The van der Waals surface area contributed by atoms with Gasteiger partial charge in [-0.05, 0) is 12.1 Å². The van der Waals surface area contributed by atoms with Gasteiger partial charge in [-0.25, -0.2) is 4.39 Å². The number of halogens is 2. The quantitative estimate of drug-likeness (QED) is 0.754. The molecule has 3 nitrogen and oxygen atoms in total. The lowest BCUT2D eigenvalue weighted by atomic mass is 10.1. The third-order valence-electron chi connectivity index (χ3n) is 2.18. The summed E-state index contributed by atoms with van der Waals surface area (Å²) in [5.74, 6) is -0.526. The Morgan fingerprint density at radius 3 is 2.88 bits per heavy atom. The van der Waals surface area contributed by atoms with Gasteiger partial charge in [0.1, 0.15) is 11.5 Å². The fourth-order valence-electron chi connectivity index (χ4n) is 1.46. The molecule has 16 heavy (non-hydrogen) atoms. The van der Waals surface area contributed by atoms with Crippen LogP contribution in [0.5, 0.6) is 0 Å². The molecule has 0 bridgehead atoms. The zero-order valence-corrected chi connectivity index (χ0v) is 9.20. The molecule has 0 atom stereocenters. The van der Waals surface area contributed by atoms with Crippen molar-refractivity contribution in [3.05, 3.63) is 40.8 Å². The van der Waals surface area contributed by atoms with Crippen molar-refractivity contribution in [2.75, 3.05) is 0 Å². The molecule has 1 aromatic carbocycles. The van der Waals surface area contributed by atoms with Gasteiger partial charge in [0, 0.05) is 18.8 Å². The average molecular weight is 239 g/mol. The maximum Gasteiger partial charge on any atom is 0.153 e. The summed E-state index contributed by atoms with van der Waals surface area (Å²) in [5, 5.41) is 4.15. The molecule has 1 heterocycles. The standard InChI is InChI=1S/C11H8ClFN2O/c1-15-5-8(6-16)11(14-15)7-2-3-9(12)10(13)4-7/h2-6H,1H3. The molecule has 0 unspecified atom stereocenters. The van der Waals surface area contributed by atoms with Crippen LogP contribution in [0.2, 0.25) is 5.02 Å². The molecule has 0 saturated heterocycles. The molecular weight excluding hydrogens is 231 g/mol. The minimum Gasteiger partial charge on any atom is -0.298 e. The maximum atomic E-state index is 13.3. The van der Waals surface area contributed by atoms with Crippen molar-refractivity contribution in [1.82, 2.24) is 9.78 Å². The number of hydrogen-bond donors (Lipinski definition) is 0. The zero-order valence-electron chi connectivity index (χ0n) is 8.45. The number of rotatable bonds is 2. The van der Waals surface area contributed by atoms with Gasteiger partial charge in [0.05, 0.1) is 10.6 Å². The molecule has 82 valence electrons. The zero-order chi connectivity index (χ0) is 11.7. The highest BCUT2D eigenvalue weighted by atomic mass is 35.5. The monoisotopic (exact) mass is 238 g/mol. The van der Waals surface area contributed by atoms with E-state index in [1.165, 1.54) is 16.8 Å². The Morgan fingerprint density at radius 1 is 1.50 bits per heavy atom. The number of aryl methyl sites for hydroxylation is 1. The van der Waals surface area contributed by atoms with Crippen molar-refractivity contribution in [2.24, 2.45) is 7.05 Å². The second-order valence-electron chi connectivity index (χ2n) is 3.35. The lowest BCUT2D eigenvalue weighted by Gasteiger charge is -1.99. The van der Waals surface area contributed by atoms with E-state index >= 15 is 0 Å². The summed E-state index contributed by atoms with van der Waals surface area (Å²) >= 11 is 5.58. The molecule has 5 heteroatoms. The largest absolute Gasteiger partial charge is 0.298 e. The average Bonchev–Trinajstić information content (AvgIpc) is 2.63. The fraction of sp³-hybridized carbons (Fsp3) is 0.0909. The summed E-state index contributed by atoms with van der Waals surface area (Å²) in [4.78, 5) is 10.8. The number of carbonyl (C=O) groups is 1. The van der Waals surface area contributed by atoms with Gasteiger partial charge < -0.3 is 0 Å². The summed E-state index contributed by atoms with van der Waals surface area (Å²) in [6.07, 6.45) is 2.27. The maximum absolute atomic E-state index is 13.3. The van der Waals surface area contributed by atoms with Crippen LogP contribution in [0.4, 0.5) is 4.39 Å². The summed E-state index contributed by atoms with van der Waals surface area (Å²) < 4.78 is 14.8. The first kappa shape index (κ1) is 10.8. The first-order valence-electron chi connectivity index (χ1n) is 4.56. The molecule has 0 radical (unpaired) electrons. The highest BCUT2D eigenvalue weighted by Gasteiger charge is 2.11. The highest BCUT2D eigenvalue weighted by molar-refractivity contribution is 6.30. The number of benzene rings is 1. The summed E-state index contributed by atoms with van der Waals surface area (Å²) in [5.41, 5.74) is 1.40. The van der Waals surface area contributed by atoms with Crippen LogP contribution in [0.15, 0.2) is 24.4 Å². The normalized spacial score (nSPS) is 10.4. The van der Waals surface area contributed by atoms with E-state index in [9.17, 15) is 9.18 Å². The number of nitrogens with zero attached hydrogens (tertiary/aromatic N) is 2. The minimum atomic E-state index is -0.526. The van der Waals surface area contributed by atoms with Gasteiger partial charge in [0.2, 0.25) is 0 Å². The molecule has 0 aliphatic heterocycles. The first-order valence-corrected chi connectivity index (χ1v) is 4.94. The van der Waals surface area contributed by atoms with Crippen LogP contribution in [0.25, 0.3) is 11.3 Å². The van der Waals surface area contributed by atoms with Crippen molar-refractivity contribution < 1.29 is 9.18 Å². The van der Waals surface area contributed by atoms with Gasteiger partial charge in [0.15, 0.2) is 6.29 Å². The van der Waals surface area contributed by atoms with E-state index in [2.05, 4.69) is 5.10 Å². The molecule has 2 aromatic rings. The van der Waals surface area contributed by atoms with Crippen LogP contribution >= 0.6 is 11.6 Å².